The predicted molar refractivity (Wildman–Crippen MR) is 64.5 cm³/mol. The third-order valence-corrected chi connectivity index (χ3v) is 2.82. The number of amides is 3. The van der Waals surface area contributed by atoms with Gasteiger partial charge < -0.3 is 10.6 Å². The maximum Gasteiger partial charge on any atom is 0.255 e. The van der Waals surface area contributed by atoms with Crippen LogP contribution in [0.4, 0.5) is 5.69 Å². The van der Waals surface area contributed by atoms with Crippen molar-refractivity contribution in [2.75, 3.05) is 12.3 Å². The van der Waals surface area contributed by atoms with Crippen LogP contribution in [0.25, 0.3) is 0 Å². The van der Waals surface area contributed by atoms with E-state index in [1.165, 1.54) is 11.0 Å². The summed E-state index contributed by atoms with van der Waals surface area (Å²) in [7, 11) is 0. The van der Waals surface area contributed by atoms with Crippen LogP contribution in [-0.4, -0.2) is 35.2 Å². The first kappa shape index (κ1) is 12.1. The second-order valence-electron chi connectivity index (χ2n) is 4.15. The number of hydrogen-bond donors (Lipinski definition) is 2. The number of nitrogens with one attached hydrogen (secondary N) is 1. The van der Waals surface area contributed by atoms with Gasteiger partial charge in [0.2, 0.25) is 11.8 Å². The Kier molecular flexibility index (Phi) is 3.01. The van der Waals surface area contributed by atoms with Crippen molar-refractivity contribution in [3.8, 4) is 0 Å². The Hall–Kier alpha value is -2.37. The summed E-state index contributed by atoms with van der Waals surface area (Å²) in [6.07, 6.45) is 0. The van der Waals surface area contributed by atoms with Gasteiger partial charge in [-0.2, -0.15) is 0 Å². The van der Waals surface area contributed by atoms with Gasteiger partial charge in [0, 0.05) is 11.3 Å². The third kappa shape index (κ3) is 2.17. The lowest BCUT2D eigenvalue weighted by molar-refractivity contribution is -0.138. The number of benzene rings is 1. The molecule has 0 aromatic heterocycles. The molecule has 1 aliphatic rings. The zero-order valence-corrected chi connectivity index (χ0v) is 9.84. The Bertz CT molecular complexity index is 527. The van der Waals surface area contributed by atoms with E-state index in [4.69, 9.17) is 5.73 Å². The van der Waals surface area contributed by atoms with Gasteiger partial charge in [0.15, 0.2) is 0 Å². The van der Waals surface area contributed by atoms with Crippen LogP contribution < -0.4 is 11.1 Å². The molecule has 3 amide bonds. The molecular weight excluding hydrogens is 234 g/mol. The van der Waals surface area contributed by atoms with Gasteiger partial charge in [0.1, 0.15) is 12.6 Å². The van der Waals surface area contributed by atoms with Crippen LogP contribution in [0, 0.1) is 0 Å². The van der Waals surface area contributed by atoms with E-state index < -0.39 is 17.9 Å². The second kappa shape index (κ2) is 4.48. The van der Waals surface area contributed by atoms with E-state index in [1.54, 1.807) is 25.1 Å². The molecule has 1 unspecified atom stereocenters. The number of piperazine rings is 1. The zero-order valence-electron chi connectivity index (χ0n) is 9.84. The van der Waals surface area contributed by atoms with Crippen molar-refractivity contribution in [2.45, 2.75) is 13.0 Å². The normalized spacial score (nSPS) is 19.6. The highest BCUT2D eigenvalue weighted by atomic mass is 16.2. The molecule has 0 bridgehead atoms. The fourth-order valence-corrected chi connectivity index (χ4v) is 1.80. The number of carbonyl (C=O) groups is 3. The quantitative estimate of drug-likeness (QED) is 0.529. The van der Waals surface area contributed by atoms with Gasteiger partial charge in [-0.3, -0.25) is 19.7 Å². The van der Waals surface area contributed by atoms with Crippen molar-refractivity contribution in [3.05, 3.63) is 29.8 Å². The molecule has 1 heterocycles. The van der Waals surface area contributed by atoms with E-state index in [9.17, 15) is 14.4 Å². The maximum absolute atomic E-state index is 12.2. The van der Waals surface area contributed by atoms with Gasteiger partial charge in [0.05, 0.1) is 0 Å². The summed E-state index contributed by atoms with van der Waals surface area (Å²) in [4.78, 5) is 36.2. The molecule has 3 N–H and O–H groups in total. The molecule has 94 valence electrons. The average molecular weight is 247 g/mol. The van der Waals surface area contributed by atoms with Crippen LogP contribution in [0.2, 0.25) is 0 Å². The molecule has 0 radical (unpaired) electrons. The van der Waals surface area contributed by atoms with Gasteiger partial charge in [-0.15, -0.1) is 0 Å². The molecular formula is C12H13N3O3. The number of nitrogen functional groups attached to an aromatic ring is 1. The van der Waals surface area contributed by atoms with E-state index >= 15 is 0 Å². The summed E-state index contributed by atoms with van der Waals surface area (Å²) in [5, 5.41) is 2.18. The van der Waals surface area contributed by atoms with Gasteiger partial charge in [-0.05, 0) is 25.1 Å². The van der Waals surface area contributed by atoms with Crippen LogP contribution in [0.3, 0.4) is 0 Å². The Labute approximate surface area is 104 Å². The molecule has 1 fully saturated rings. The Balaban J connectivity index is 2.27. The number of hydrogen-bond acceptors (Lipinski definition) is 4. The minimum absolute atomic E-state index is 0.124. The van der Waals surface area contributed by atoms with Crippen molar-refractivity contribution in [2.24, 2.45) is 0 Å². The Morgan fingerprint density at radius 3 is 2.83 bits per heavy atom. The summed E-state index contributed by atoms with van der Waals surface area (Å²) in [5.41, 5.74) is 6.42. The van der Waals surface area contributed by atoms with Crippen molar-refractivity contribution in [1.29, 1.82) is 0 Å². The minimum Gasteiger partial charge on any atom is -0.399 e. The molecule has 18 heavy (non-hydrogen) atoms. The van der Waals surface area contributed by atoms with Crippen LogP contribution in [-0.2, 0) is 9.59 Å². The summed E-state index contributed by atoms with van der Waals surface area (Å²) in [6.45, 7) is 1.45. The summed E-state index contributed by atoms with van der Waals surface area (Å²) >= 11 is 0. The van der Waals surface area contributed by atoms with E-state index in [2.05, 4.69) is 5.32 Å². The van der Waals surface area contributed by atoms with Crippen molar-refractivity contribution in [3.63, 3.8) is 0 Å². The van der Waals surface area contributed by atoms with Crippen molar-refractivity contribution < 1.29 is 14.4 Å². The molecule has 2 rings (SSSR count). The summed E-state index contributed by atoms with van der Waals surface area (Å²) in [5.74, 6) is -1.32. The largest absolute Gasteiger partial charge is 0.399 e. The summed E-state index contributed by atoms with van der Waals surface area (Å²) in [6, 6.07) is 5.76. The maximum atomic E-state index is 12.2. The summed E-state index contributed by atoms with van der Waals surface area (Å²) < 4.78 is 0. The van der Waals surface area contributed by atoms with Crippen molar-refractivity contribution >= 4 is 23.4 Å². The molecule has 6 nitrogen and oxygen atoms in total. The highest BCUT2D eigenvalue weighted by Crippen LogP contribution is 2.13. The molecule has 6 heteroatoms. The standard InChI is InChI=1S/C12H13N3O3/c1-7-11(17)14-10(16)6-15(7)12(18)8-3-2-4-9(13)5-8/h2-5,7H,6,13H2,1H3,(H,14,16,17). The fourth-order valence-electron chi connectivity index (χ4n) is 1.80. The molecule has 0 aliphatic carbocycles. The number of nitrogens with two attached hydrogens (primary N) is 1. The first-order valence-electron chi connectivity index (χ1n) is 5.49. The topological polar surface area (TPSA) is 92.5 Å². The molecule has 1 saturated heterocycles. The van der Waals surface area contributed by atoms with Crippen LogP contribution in [0.1, 0.15) is 17.3 Å². The van der Waals surface area contributed by atoms with E-state index in [-0.39, 0.29) is 12.5 Å². The molecule has 1 aromatic rings. The smallest absolute Gasteiger partial charge is 0.255 e. The van der Waals surface area contributed by atoms with Crippen LogP contribution in [0.5, 0.6) is 0 Å². The first-order valence-corrected chi connectivity index (χ1v) is 5.49. The van der Waals surface area contributed by atoms with Gasteiger partial charge in [-0.25, -0.2) is 0 Å². The van der Waals surface area contributed by atoms with E-state index in [0.717, 1.165) is 0 Å². The van der Waals surface area contributed by atoms with Crippen molar-refractivity contribution in [1.82, 2.24) is 10.2 Å². The van der Waals surface area contributed by atoms with Crippen LogP contribution in [0.15, 0.2) is 24.3 Å². The third-order valence-electron chi connectivity index (χ3n) is 2.82. The number of rotatable bonds is 1. The molecule has 1 aromatic carbocycles. The Morgan fingerprint density at radius 2 is 2.17 bits per heavy atom. The lowest BCUT2D eigenvalue weighted by atomic mass is 10.1. The highest BCUT2D eigenvalue weighted by molar-refractivity contribution is 6.07. The van der Waals surface area contributed by atoms with E-state index in [0.29, 0.717) is 11.3 Å². The number of anilines is 1. The molecule has 1 atom stereocenters. The first-order chi connectivity index (χ1) is 8.49. The number of nitrogens with zero attached hydrogens (tertiary/aromatic N) is 1. The fraction of sp³-hybridized carbons (Fsp3) is 0.250. The second-order valence-corrected chi connectivity index (χ2v) is 4.15. The van der Waals surface area contributed by atoms with E-state index in [1.807, 2.05) is 0 Å². The molecule has 0 spiro atoms. The average Bonchev–Trinajstić information content (AvgIpc) is 2.33. The monoisotopic (exact) mass is 247 g/mol. The lowest BCUT2D eigenvalue weighted by Gasteiger charge is -2.31. The number of carbonyl (C=O) groups excluding carboxylic acids is 3. The SMILES string of the molecule is CC1C(=O)NC(=O)CN1C(=O)c1cccc(N)c1. The molecule has 1 aliphatic heterocycles. The van der Waals surface area contributed by atoms with Crippen LogP contribution >= 0.6 is 0 Å². The lowest BCUT2D eigenvalue weighted by Crippen LogP contribution is -2.58. The number of imide groups is 1. The zero-order chi connectivity index (χ0) is 13.3. The van der Waals surface area contributed by atoms with Gasteiger partial charge in [0.25, 0.3) is 5.91 Å². The minimum atomic E-state index is -0.670. The Morgan fingerprint density at radius 1 is 1.44 bits per heavy atom. The van der Waals surface area contributed by atoms with Gasteiger partial charge >= 0.3 is 0 Å². The predicted octanol–water partition coefficient (Wildman–Crippen LogP) is -0.244. The van der Waals surface area contributed by atoms with Gasteiger partial charge in [-0.1, -0.05) is 6.07 Å². The highest BCUT2D eigenvalue weighted by Gasteiger charge is 2.33. The molecule has 0 saturated carbocycles.